The summed E-state index contributed by atoms with van der Waals surface area (Å²) in [5.41, 5.74) is 5.47. The molecule has 0 spiro atoms. The molecular formula is C9H15F3N2O. The zero-order valence-electron chi connectivity index (χ0n) is 8.69. The van der Waals surface area contributed by atoms with Crippen LogP contribution in [0.15, 0.2) is 11.9 Å². The fourth-order valence-electron chi connectivity index (χ4n) is 0.811. The Hall–Kier alpha value is -1.04. The minimum atomic E-state index is -2.35. The van der Waals surface area contributed by atoms with Crippen LogP contribution in [0.1, 0.15) is 20.3 Å². The summed E-state index contributed by atoms with van der Waals surface area (Å²) >= 11 is 0. The molecule has 15 heavy (non-hydrogen) atoms. The van der Waals surface area contributed by atoms with Crippen LogP contribution in [0.4, 0.5) is 13.2 Å². The zero-order chi connectivity index (χ0) is 12.0. The monoisotopic (exact) mass is 224 g/mol. The Morgan fingerprint density at radius 2 is 1.87 bits per heavy atom. The van der Waals surface area contributed by atoms with E-state index in [4.69, 9.17) is 5.73 Å². The van der Waals surface area contributed by atoms with E-state index in [0.717, 1.165) is 0 Å². The van der Waals surface area contributed by atoms with Crippen molar-refractivity contribution in [1.29, 1.82) is 0 Å². The van der Waals surface area contributed by atoms with E-state index < -0.39 is 30.3 Å². The van der Waals surface area contributed by atoms with Crippen LogP contribution in [0.3, 0.4) is 0 Å². The van der Waals surface area contributed by atoms with Gasteiger partial charge in [0.25, 0.3) is 0 Å². The van der Waals surface area contributed by atoms with Crippen molar-refractivity contribution >= 4 is 5.91 Å². The molecule has 1 amide bonds. The number of amides is 1. The number of carbonyl (C=O) groups excluding carboxylic acids is 1. The summed E-state index contributed by atoms with van der Waals surface area (Å²) in [5, 5.41) is 2.28. The lowest BCUT2D eigenvalue weighted by Gasteiger charge is -2.14. The van der Waals surface area contributed by atoms with Gasteiger partial charge in [-0.15, -0.1) is 0 Å². The lowest BCUT2D eigenvalue weighted by molar-refractivity contribution is -0.123. The molecule has 0 saturated heterocycles. The van der Waals surface area contributed by atoms with E-state index in [1.54, 1.807) is 13.8 Å². The molecule has 0 aliphatic heterocycles. The van der Waals surface area contributed by atoms with Crippen LogP contribution in [0.5, 0.6) is 0 Å². The average Bonchev–Trinajstić information content (AvgIpc) is 2.15. The molecule has 0 bridgehead atoms. The van der Waals surface area contributed by atoms with Crippen molar-refractivity contribution in [2.24, 2.45) is 11.7 Å². The molecule has 0 aromatic heterocycles. The lowest BCUT2D eigenvalue weighted by atomic mass is 10.1. The topological polar surface area (TPSA) is 55.1 Å². The van der Waals surface area contributed by atoms with Crippen LogP contribution in [-0.2, 0) is 4.79 Å². The number of rotatable bonds is 5. The highest BCUT2D eigenvalue weighted by Gasteiger charge is 2.16. The van der Waals surface area contributed by atoms with E-state index in [0.29, 0.717) is 0 Å². The second kappa shape index (κ2) is 6.44. The van der Waals surface area contributed by atoms with Gasteiger partial charge in [-0.1, -0.05) is 13.8 Å². The Bertz CT molecular complexity index is 250. The van der Waals surface area contributed by atoms with Gasteiger partial charge in [0.05, 0.1) is 6.04 Å². The maximum absolute atomic E-state index is 12.3. The maximum Gasteiger partial charge on any atom is 0.301 e. The summed E-state index contributed by atoms with van der Waals surface area (Å²) in [4.78, 5) is 11.2. The normalized spacial score (nSPS) is 12.5. The molecule has 1 unspecified atom stereocenters. The minimum Gasteiger partial charge on any atom is -0.354 e. The third-order valence-corrected chi connectivity index (χ3v) is 1.87. The molecule has 0 aromatic rings. The maximum atomic E-state index is 12.3. The molecule has 88 valence electrons. The molecular weight excluding hydrogens is 209 g/mol. The SMILES string of the molecule is CC(C)C(N)C(=O)NCCC(F)=C(F)F. The number of carbonyl (C=O) groups is 1. The van der Waals surface area contributed by atoms with Crippen LogP contribution < -0.4 is 11.1 Å². The predicted octanol–water partition coefficient (Wildman–Crippen LogP) is 1.55. The summed E-state index contributed by atoms with van der Waals surface area (Å²) in [6.07, 6.45) is -2.86. The minimum absolute atomic E-state index is 0.0525. The van der Waals surface area contributed by atoms with Crippen LogP contribution in [-0.4, -0.2) is 18.5 Å². The largest absolute Gasteiger partial charge is 0.354 e. The Kier molecular flexibility index (Phi) is 6.00. The van der Waals surface area contributed by atoms with E-state index in [2.05, 4.69) is 5.32 Å². The highest BCUT2D eigenvalue weighted by Crippen LogP contribution is 2.11. The first-order chi connectivity index (χ1) is 6.86. The Morgan fingerprint density at radius 3 is 2.27 bits per heavy atom. The predicted molar refractivity (Wildman–Crippen MR) is 50.8 cm³/mol. The van der Waals surface area contributed by atoms with Crippen LogP contribution >= 0.6 is 0 Å². The fraction of sp³-hybridized carbons (Fsp3) is 0.667. The van der Waals surface area contributed by atoms with E-state index in [-0.39, 0.29) is 12.5 Å². The molecule has 0 aromatic carbocycles. The Morgan fingerprint density at radius 1 is 1.33 bits per heavy atom. The highest BCUT2D eigenvalue weighted by molar-refractivity contribution is 5.81. The van der Waals surface area contributed by atoms with Gasteiger partial charge in [0.1, 0.15) is 0 Å². The van der Waals surface area contributed by atoms with E-state index in [1.807, 2.05) is 0 Å². The zero-order valence-corrected chi connectivity index (χ0v) is 8.69. The smallest absolute Gasteiger partial charge is 0.301 e. The molecule has 0 aliphatic carbocycles. The summed E-state index contributed by atoms with van der Waals surface area (Å²) in [6, 6.07) is -0.702. The summed E-state index contributed by atoms with van der Waals surface area (Å²) in [6.45, 7) is 3.33. The van der Waals surface area contributed by atoms with Gasteiger partial charge in [0.2, 0.25) is 5.91 Å². The standard InChI is InChI=1S/C9H15F3N2O/c1-5(2)7(13)9(15)14-4-3-6(10)8(11)12/h5,7H,3-4,13H2,1-2H3,(H,14,15). The molecule has 0 fully saturated rings. The Labute approximate surface area is 86.5 Å². The van der Waals surface area contributed by atoms with Crippen molar-refractivity contribution in [2.75, 3.05) is 6.54 Å². The third kappa shape index (κ3) is 5.41. The molecule has 0 radical (unpaired) electrons. The summed E-state index contributed by atoms with van der Waals surface area (Å²) in [5.74, 6) is -2.02. The second-order valence-electron chi connectivity index (χ2n) is 3.48. The van der Waals surface area contributed by atoms with Crippen LogP contribution in [0, 0.1) is 5.92 Å². The van der Waals surface area contributed by atoms with Gasteiger partial charge in [0.15, 0.2) is 5.83 Å². The summed E-state index contributed by atoms with van der Waals surface area (Å²) < 4.78 is 35.5. The van der Waals surface area contributed by atoms with E-state index in [1.165, 1.54) is 0 Å². The fourth-order valence-corrected chi connectivity index (χ4v) is 0.811. The molecule has 0 heterocycles. The molecule has 3 nitrogen and oxygen atoms in total. The van der Waals surface area contributed by atoms with Gasteiger partial charge in [0, 0.05) is 13.0 Å². The summed E-state index contributed by atoms with van der Waals surface area (Å²) in [7, 11) is 0. The van der Waals surface area contributed by atoms with Crippen molar-refractivity contribution in [3.05, 3.63) is 11.9 Å². The molecule has 0 rings (SSSR count). The number of nitrogens with two attached hydrogens (primary N) is 1. The average molecular weight is 224 g/mol. The quantitative estimate of drug-likeness (QED) is 0.744. The molecule has 0 saturated carbocycles. The van der Waals surface area contributed by atoms with Crippen molar-refractivity contribution in [3.8, 4) is 0 Å². The van der Waals surface area contributed by atoms with Gasteiger partial charge < -0.3 is 11.1 Å². The van der Waals surface area contributed by atoms with Crippen LogP contribution in [0.25, 0.3) is 0 Å². The first-order valence-electron chi connectivity index (χ1n) is 4.59. The van der Waals surface area contributed by atoms with Gasteiger partial charge in [-0.05, 0) is 5.92 Å². The highest BCUT2D eigenvalue weighted by atomic mass is 19.3. The van der Waals surface area contributed by atoms with Crippen molar-refractivity contribution in [2.45, 2.75) is 26.3 Å². The van der Waals surface area contributed by atoms with Gasteiger partial charge >= 0.3 is 6.08 Å². The second-order valence-corrected chi connectivity index (χ2v) is 3.48. The number of nitrogens with one attached hydrogen (secondary N) is 1. The van der Waals surface area contributed by atoms with Crippen molar-refractivity contribution in [3.63, 3.8) is 0 Å². The lowest BCUT2D eigenvalue weighted by Crippen LogP contribution is -2.44. The van der Waals surface area contributed by atoms with Crippen molar-refractivity contribution in [1.82, 2.24) is 5.32 Å². The van der Waals surface area contributed by atoms with Gasteiger partial charge in [-0.2, -0.15) is 8.78 Å². The first kappa shape index (κ1) is 14.0. The van der Waals surface area contributed by atoms with Gasteiger partial charge in [-0.25, -0.2) is 4.39 Å². The first-order valence-corrected chi connectivity index (χ1v) is 4.59. The van der Waals surface area contributed by atoms with Crippen molar-refractivity contribution < 1.29 is 18.0 Å². The number of hydrogen-bond donors (Lipinski definition) is 2. The molecule has 6 heteroatoms. The number of halogens is 3. The third-order valence-electron chi connectivity index (χ3n) is 1.87. The van der Waals surface area contributed by atoms with E-state index >= 15 is 0 Å². The molecule has 3 N–H and O–H groups in total. The Balaban J connectivity index is 3.88. The number of hydrogen-bond acceptors (Lipinski definition) is 2. The van der Waals surface area contributed by atoms with E-state index in [9.17, 15) is 18.0 Å². The van der Waals surface area contributed by atoms with Gasteiger partial charge in [-0.3, -0.25) is 4.79 Å². The molecule has 1 atom stereocenters. The molecule has 0 aliphatic rings. The van der Waals surface area contributed by atoms with Crippen LogP contribution in [0.2, 0.25) is 0 Å².